The average molecular weight is 396 g/mol. The van der Waals surface area contributed by atoms with E-state index >= 15 is 0 Å². The van der Waals surface area contributed by atoms with Crippen molar-refractivity contribution in [2.24, 2.45) is 5.73 Å². The minimum Gasteiger partial charge on any atom is -0.461 e. The van der Waals surface area contributed by atoms with E-state index in [2.05, 4.69) is 10.6 Å². The Labute approximate surface area is 168 Å². The van der Waals surface area contributed by atoms with Crippen molar-refractivity contribution in [2.45, 2.75) is 19.4 Å². The maximum atomic E-state index is 12.0. The zero-order valence-corrected chi connectivity index (χ0v) is 15.9. The molecule has 2 aromatic rings. The molecule has 0 radical (unpaired) electrons. The average Bonchev–Trinajstić information content (AvgIpc) is 2.73. The Morgan fingerprint density at radius 2 is 1.48 bits per heavy atom. The number of ether oxygens (including phenoxy) is 1. The van der Waals surface area contributed by atoms with Gasteiger partial charge in [0.1, 0.15) is 12.4 Å². The van der Waals surface area contributed by atoms with Gasteiger partial charge < -0.3 is 21.1 Å². The lowest BCUT2D eigenvalue weighted by Crippen LogP contribution is -2.31. The fourth-order valence-electron chi connectivity index (χ4n) is 2.40. The third kappa shape index (κ3) is 7.84. The first kappa shape index (κ1) is 21.6. The van der Waals surface area contributed by atoms with Crippen LogP contribution in [0.5, 0.6) is 0 Å². The van der Waals surface area contributed by atoms with Crippen LogP contribution >= 0.6 is 0 Å². The highest BCUT2D eigenvalue weighted by Crippen LogP contribution is 2.04. The summed E-state index contributed by atoms with van der Waals surface area (Å²) in [5.74, 6) is -1.06. The summed E-state index contributed by atoms with van der Waals surface area (Å²) in [6.07, 6.45) is 0.170. The summed E-state index contributed by atoms with van der Waals surface area (Å²) in [6, 6.07) is 15.6. The van der Waals surface area contributed by atoms with Crippen molar-refractivity contribution < 1.29 is 19.1 Å². The molecule has 0 aliphatic heterocycles. The first-order chi connectivity index (χ1) is 14.0. The van der Waals surface area contributed by atoms with Crippen LogP contribution in [0.15, 0.2) is 54.6 Å². The first-order valence-corrected chi connectivity index (χ1v) is 9.14. The summed E-state index contributed by atoms with van der Waals surface area (Å²) in [5, 5.41) is 12.6. The van der Waals surface area contributed by atoms with Crippen molar-refractivity contribution >= 4 is 23.6 Å². The van der Waals surface area contributed by atoms with Crippen LogP contribution in [0.1, 0.15) is 34.3 Å². The number of carbonyl (C=O) groups is 3. The number of amidine groups is 1. The van der Waals surface area contributed by atoms with Crippen LogP contribution in [0.2, 0.25) is 0 Å². The zero-order valence-electron chi connectivity index (χ0n) is 15.9. The van der Waals surface area contributed by atoms with Crippen molar-refractivity contribution in [1.82, 2.24) is 10.6 Å². The number of nitrogens with one attached hydrogen (secondary N) is 3. The molecule has 0 aliphatic carbocycles. The van der Waals surface area contributed by atoms with Gasteiger partial charge in [-0.3, -0.25) is 19.8 Å². The number of rotatable bonds is 10. The highest BCUT2D eigenvalue weighted by atomic mass is 16.5. The van der Waals surface area contributed by atoms with E-state index in [1.54, 1.807) is 24.3 Å². The number of hydrogen-bond donors (Lipinski definition) is 4. The van der Waals surface area contributed by atoms with Crippen LogP contribution in [0, 0.1) is 5.41 Å². The Balaban J connectivity index is 1.58. The molecule has 0 spiro atoms. The maximum Gasteiger partial charge on any atom is 0.307 e. The molecule has 2 amide bonds. The predicted molar refractivity (Wildman–Crippen MR) is 108 cm³/mol. The third-order valence-electron chi connectivity index (χ3n) is 3.99. The maximum absolute atomic E-state index is 12.0. The Morgan fingerprint density at radius 3 is 2.14 bits per heavy atom. The number of esters is 1. The quantitative estimate of drug-likeness (QED) is 0.273. The first-order valence-electron chi connectivity index (χ1n) is 9.14. The van der Waals surface area contributed by atoms with Gasteiger partial charge in [-0.25, -0.2) is 0 Å². The van der Waals surface area contributed by atoms with Crippen molar-refractivity contribution in [3.05, 3.63) is 71.3 Å². The molecular weight excluding hydrogens is 372 g/mol. The van der Waals surface area contributed by atoms with Gasteiger partial charge in [0.25, 0.3) is 5.91 Å². The molecule has 2 aromatic carbocycles. The van der Waals surface area contributed by atoms with Crippen molar-refractivity contribution in [2.75, 3.05) is 13.1 Å². The van der Waals surface area contributed by atoms with Gasteiger partial charge in [0.2, 0.25) is 5.91 Å². The van der Waals surface area contributed by atoms with E-state index in [-0.39, 0.29) is 50.2 Å². The lowest BCUT2D eigenvalue weighted by atomic mass is 10.1. The molecule has 8 heteroatoms. The Kier molecular flexibility index (Phi) is 8.37. The molecule has 8 nitrogen and oxygen atoms in total. The summed E-state index contributed by atoms with van der Waals surface area (Å²) < 4.78 is 5.13. The minimum absolute atomic E-state index is 0.0717. The van der Waals surface area contributed by atoms with Gasteiger partial charge in [-0.15, -0.1) is 0 Å². The molecule has 29 heavy (non-hydrogen) atoms. The second kappa shape index (κ2) is 11.2. The molecule has 0 unspecified atom stereocenters. The molecule has 152 valence electrons. The molecule has 0 fully saturated rings. The Hall–Kier alpha value is -3.68. The highest BCUT2D eigenvalue weighted by molar-refractivity contribution is 5.98. The van der Waals surface area contributed by atoms with E-state index in [4.69, 9.17) is 15.9 Å². The highest BCUT2D eigenvalue weighted by Gasteiger charge is 2.08. The molecule has 0 saturated heterocycles. The predicted octanol–water partition coefficient (Wildman–Crippen LogP) is 1.34. The summed E-state index contributed by atoms with van der Waals surface area (Å²) in [7, 11) is 0. The number of nitrogen functional groups attached to an aromatic ring is 1. The molecule has 2 rings (SSSR count). The number of carbonyl (C=O) groups excluding carboxylic acids is 3. The molecule has 0 aliphatic rings. The van der Waals surface area contributed by atoms with Crippen LogP contribution in [0.25, 0.3) is 0 Å². The van der Waals surface area contributed by atoms with Gasteiger partial charge in [0.15, 0.2) is 0 Å². The van der Waals surface area contributed by atoms with Crippen LogP contribution in [-0.4, -0.2) is 36.7 Å². The SMILES string of the molecule is N=C(N)c1ccc(C(=O)NCCC(=O)NCCC(=O)OCc2ccccc2)cc1. The number of nitrogens with two attached hydrogens (primary N) is 1. The van der Waals surface area contributed by atoms with Gasteiger partial charge >= 0.3 is 5.97 Å². The second-order valence-corrected chi connectivity index (χ2v) is 6.24. The van der Waals surface area contributed by atoms with Crippen LogP contribution in [-0.2, 0) is 20.9 Å². The topological polar surface area (TPSA) is 134 Å². The standard InChI is InChI=1S/C21H24N4O4/c22-20(23)16-6-8-17(9-7-16)21(28)25-12-10-18(26)24-13-11-19(27)29-14-15-4-2-1-3-5-15/h1-9H,10-14H2,(H3,22,23)(H,24,26)(H,25,28). The monoisotopic (exact) mass is 396 g/mol. The van der Waals surface area contributed by atoms with Crippen LogP contribution < -0.4 is 16.4 Å². The van der Waals surface area contributed by atoms with Gasteiger partial charge in [-0.1, -0.05) is 42.5 Å². The van der Waals surface area contributed by atoms with Gasteiger partial charge in [0, 0.05) is 30.6 Å². The van der Waals surface area contributed by atoms with E-state index in [9.17, 15) is 14.4 Å². The minimum atomic E-state index is -0.392. The van der Waals surface area contributed by atoms with Gasteiger partial charge in [-0.05, 0) is 17.7 Å². The number of hydrogen-bond acceptors (Lipinski definition) is 5. The lowest BCUT2D eigenvalue weighted by molar-refractivity contribution is -0.144. The number of benzene rings is 2. The Morgan fingerprint density at radius 1 is 0.862 bits per heavy atom. The zero-order chi connectivity index (χ0) is 21.1. The molecule has 0 bridgehead atoms. The molecule has 0 aromatic heterocycles. The van der Waals surface area contributed by atoms with E-state index in [1.807, 2.05) is 30.3 Å². The van der Waals surface area contributed by atoms with Crippen LogP contribution in [0.4, 0.5) is 0 Å². The fraction of sp³-hybridized carbons (Fsp3) is 0.238. The lowest BCUT2D eigenvalue weighted by Gasteiger charge is -2.08. The summed E-state index contributed by atoms with van der Waals surface area (Å²) in [5.41, 5.74) is 7.21. The third-order valence-corrected chi connectivity index (χ3v) is 3.99. The Bertz CT molecular complexity index is 851. The van der Waals surface area contributed by atoms with E-state index in [0.29, 0.717) is 11.1 Å². The number of amides is 2. The summed E-state index contributed by atoms with van der Waals surface area (Å²) >= 11 is 0. The van der Waals surface area contributed by atoms with Crippen LogP contribution in [0.3, 0.4) is 0 Å². The molecule has 0 heterocycles. The van der Waals surface area contributed by atoms with E-state index < -0.39 is 5.97 Å². The molecule has 5 N–H and O–H groups in total. The summed E-state index contributed by atoms with van der Waals surface area (Å²) in [6.45, 7) is 0.539. The van der Waals surface area contributed by atoms with Crippen molar-refractivity contribution in [3.63, 3.8) is 0 Å². The van der Waals surface area contributed by atoms with Gasteiger partial charge in [-0.2, -0.15) is 0 Å². The molecular formula is C21H24N4O4. The second-order valence-electron chi connectivity index (χ2n) is 6.24. The molecule has 0 atom stereocenters. The fourth-order valence-corrected chi connectivity index (χ4v) is 2.40. The summed E-state index contributed by atoms with van der Waals surface area (Å²) in [4.78, 5) is 35.5. The van der Waals surface area contributed by atoms with Crippen molar-refractivity contribution in [3.8, 4) is 0 Å². The molecule has 0 saturated carbocycles. The largest absolute Gasteiger partial charge is 0.461 e. The van der Waals surface area contributed by atoms with E-state index in [1.165, 1.54) is 0 Å². The van der Waals surface area contributed by atoms with Crippen molar-refractivity contribution in [1.29, 1.82) is 5.41 Å². The normalized spacial score (nSPS) is 10.1. The smallest absolute Gasteiger partial charge is 0.307 e. The van der Waals surface area contributed by atoms with Gasteiger partial charge in [0.05, 0.1) is 6.42 Å². The van der Waals surface area contributed by atoms with E-state index in [0.717, 1.165) is 5.56 Å².